The second kappa shape index (κ2) is 16.7. The molecule has 3 N–H and O–H groups in total. The molecule has 3 atom stereocenters. The van der Waals surface area contributed by atoms with Crippen LogP contribution < -0.4 is 10.6 Å². The van der Waals surface area contributed by atoms with E-state index in [-0.39, 0.29) is 24.6 Å². The third-order valence-corrected chi connectivity index (χ3v) is 8.77. The lowest BCUT2D eigenvalue weighted by Crippen LogP contribution is -2.56. The van der Waals surface area contributed by atoms with Crippen molar-refractivity contribution in [1.82, 2.24) is 40.6 Å². The van der Waals surface area contributed by atoms with Crippen LogP contribution in [0.1, 0.15) is 64.7 Å². The van der Waals surface area contributed by atoms with Crippen LogP contribution >= 0.6 is 0 Å². The zero-order chi connectivity index (χ0) is 35.6. The van der Waals surface area contributed by atoms with Gasteiger partial charge in [0.1, 0.15) is 18.6 Å². The Labute approximate surface area is 288 Å². The van der Waals surface area contributed by atoms with Gasteiger partial charge in [0.05, 0.1) is 25.7 Å². The Hall–Kier alpha value is -5.51. The molecule has 2 aliphatic rings. The van der Waals surface area contributed by atoms with Gasteiger partial charge in [0, 0.05) is 37.2 Å². The largest absolute Gasteiger partial charge is 0.481 e. The van der Waals surface area contributed by atoms with Gasteiger partial charge in [-0.15, -0.1) is 5.10 Å². The van der Waals surface area contributed by atoms with Crippen LogP contribution in [0.5, 0.6) is 0 Å². The Morgan fingerprint density at radius 2 is 1.66 bits per heavy atom. The highest BCUT2D eigenvalue weighted by Crippen LogP contribution is 2.17. The number of aromatic nitrogens is 4. The molecule has 2 aliphatic heterocycles. The summed E-state index contributed by atoms with van der Waals surface area (Å²) in [5, 5.41) is 26.3. The monoisotopic (exact) mass is 688 g/mol. The number of hydrogen-bond acceptors (Lipinski definition) is 10. The summed E-state index contributed by atoms with van der Waals surface area (Å²) < 4.78 is 6.56. The maximum atomic E-state index is 13.7. The Kier molecular flexibility index (Phi) is 12.0. The van der Waals surface area contributed by atoms with Crippen LogP contribution in [0.2, 0.25) is 0 Å². The first-order valence-electron chi connectivity index (χ1n) is 16.5. The van der Waals surface area contributed by atoms with E-state index in [0.717, 1.165) is 5.56 Å². The average molecular weight is 689 g/mol. The van der Waals surface area contributed by atoms with Crippen LogP contribution in [0, 0.1) is 0 Å². The number of carboxylic acid groups (broad SMARTS) is 1. The van der Waals surface area contributed by atoms with Crippen LogP contribution in [-0.4, -0.2) is 121 Å². The number of carbonyl (C=O) groups excluding carboxylic acids is 5. The first-order chi connectivity index (χ1) is 24.1. The first kappa shape index (κ1) is 35.8. The molecule has 0 radical (unpaired) electrons. The number of ketones is 1. The molecule has 0 bridgehead atoms. The summed E-state index contributed by atoms with van der Waals surface area (Å²) in [5.41, 5.74) is 1.61. The molecule has 3 heterocycles. The number of morpholine rings is 1. The molecule has 5 rings (SSSR count). The number of hydrogen-bond donors (Lipinski definition) is 3. The van der Waals surface area contributed by atoms with E-state index in [4.69, 9.17) is 4.74 Å². The van der Waals surface area contributed by atoms with Crippen LogP contribution in [0.4, 0.5) is 0 Å². The molecule has 2 aromatic carbocycles. The maximum Gasteiger partial charge on any atom is 0.305 e. The molecule has 16 nitrogen and oxygen atoms in total. The smallest absolute Gasteiger partial charge is 0.305 e. The quantitative estimate of drug-likeness (QED) is 0.225. The van der Waals surface area contributed by atoms with Crippen molar-refractivity contribution in [2.24, 2.45) is 0 Å². The molecule has 264 valence electrons. The second-order valence-electron chi connectivity index (χ2n) is 12.3. The van der Waals surface area contributed by atoms with Gasteiger partial charge in [-0.2, -0.15) is 0 Å². The van der Waals surface area contributed by atoms with Crippen LogP contribution in [-0.2, 0) is 36.9 Å². The Balaban J connectivity index is 1.20. The van der Waals surface area contributed by atoms with E-state index in [9.17, 15) is 33.9 Å². The van der Waals surface area contributed by atoms with E-state index >= 15 is 0 Å². The van der Waals surface area contributed by atoms with Gasteiger partial charge in [-0.25, -0.2) is 4.68 Å². The number of carbonyl (C=O) groups is 6. The molecule has 0 aliphatic carbocycles. The number of nitrogens with one attached hydrogen (secondary N) is 2. The molecule has 3 aromatic rings. The van der Waals surface area contributed by atoms with E-state index < -0.39 is 54.0 Å². The summed E-state index contributed by atoms with van der Waals surface area (Å²) in [6.45, 7) is 3.26. The van der Waals surface area contributed by atoms with Crippen LogP contribution in [0.25, 0.3) is 0 Å². The third-order valence-electron chi connectivity index (χ3n) is 8.77. The fourth-order valence-corrected chi connectivity index (χ4v) is 5.90. The van der Waals surface area contributed by atoms with E-state index in [0.29, 0.717) is 63.4 Å². The molecule has 4 amide bonds. The SMILES string of the molecule is CC(C(=O)NC(CC(=O)O)C(=O)Cn1nnnc1Cc1ccccc1)N1CCCCC(NC(=O)c2ccc(C(=O)N3CCOCC3)cc2)C1=O. The molecule has 50 heavy (non-hydrogen) atoms. The Bertz CT molecular complexity index is 1690. The van der Waals surface area contributed by atoms with Gasteiger partial charge in [0.15, 0.2) is 11.6 Å². The summed E-state index contributed by atoms with van der Waals surface area (Å²) in [5.74, 6) is -3.39. The topological polar surface area (TPSA) is 206 Å². The minimum Gasteiger partial charge on any atom is -0.481 e. The van der Waals surface area contributed by atoms with Gasteiger partial charge in [-0.3, -0.25) is 28.8 Å². The Morgan fingerprint density at radius 3 is 2.36 bits per heavy atom. The number of likely N-dealkylation sites (tertiary alicyclic amines) is 1. The number of Topliss-reactive ketones (excluding diaryl/α,β-unsaturated/α-hetero) is 1. The standard InChI is InChI=1S/C34H40N8O8/c1-22(31(46)36-27(20-30(44)45)28(43)21-42-29(37-38-39-42)19-23-7-3-2-4-8-23)41-14-6-5-9-26(34(41)49)35-32(47)24-10-12-25(13-11-24)33(48)40-15-17-50-18-16-40/h2-4,7-8,10-13,22,26-27H,5-6,9,14-21H2,1H3,(H,35,47)(H,36,46)(H,44,45). The summed E-state index contributed by atoms with van der Waals surface area (Å²) in [7, 11) is 0. The normalized spacial score (nSPS) is 17.7. The molecule has 0 saturated carbocycles. The lowest BCUT2D eigenvalue weighted by atomic mass is 10.1. The third kappa shape index (κ3) is 9.13. The van der Waals surface area contributed by atoms with Gasteiger partial charge in [0.2, 0.25) is 11.8 Å². The van der Waals surface area contributed by atoms with Gasteiger partial charge >= 0.3 is 5.97 Å². The fraction of sp³-hybridized carbons (Fsp3) is 0.441. The van der Waals surface area contributed by atoms with Crippen LogP contribution in [0.3, 0.4) is 0 Å². The van der Waals surface area contributed by atoms with Crippen LogP contribution in [0.15, 0.2) is 54.6 Å². The lowest BCUT2D eigenvalue weighted by Gasteiger charge is -2.30. The molecule has 2 fully saturated rings. The van der Waals surface area contributed by atoms with E-state index in [1.165, 1.54) is 28.6 Å². The highest BCUT2D eigenvalue weighted by atomic mass is 16.5. The van der Waals surface area contributed by atoms with E-state index in [1.54, 1.807) is 17.0 Å². The minimum atomic E-state index is -1.41. The van der Waals surface area contributed by atoms with Crippen molar-refractivity contribution >= 4 is 35.4 Å². The van der Waals surface area contributed by atoms with E-state index in [1.807, 2.05) is 30.3 Å². The second-order valence-corrected chi connectivity index (χ2v) is 12.3. The molecule has 2 saturated heterocycles. The number of aliphatic carboxylic acids is 1. The zero-order valence-corrected chi connectivity index (χ0v) is 27.7. The van der Waals surface area contributed by atoms with Crippen molar-refractivity contribution in [1.29, 1.82) is 0 Å². The van der Waals surface area contributed by atoms with E-state index in [2.05, 4.69) is 26.2 Å². The number of amides is 4. The average Bonchev–Trinajstić information content (AvgIpc) is 3.47. The number of rotatable bonds is 13. The molecule has 16 heteroatoms. The minimum absolute atomic E-state index is 0.155. The maximum absolute atomic E-state index is 13.7. The fourth-order valence-electron chi connectivity index (χ4n) is 5.90. The predicted octanol–water partition coefficient (Wildman–Crippen LogP) is 0.465. The highest BCUT2D eigenvalue weighted by Gasteiger charge is 2.35. The molecular weight excluding hydrogens is 648 g/mol. The summed E-state index contributed by atoms with van der Waals surface area (Å²) in [4.78, 5) is 81.0. The van der Waals surface area contributed by atoms with Gasteiger partial charge in [-0.1, -0.05) is 30.3 Å². The van der Waals surface area contributed by atoms with Crippen molar-refractivity contribution in [3.63, 3.8) is 0 Å². The zero-order valence-electron chi connectivity index (χ0n) is 27.7. The van der Waals surface area contributed by atoms with Gasteiger partial charge in [-0.05, 0) is 66.4 Å². The van der Waals surface area contributed by atoms with Crippen molar-refractivity contribution in [2.75, 3.05) is 32.8 Å². The summed E-state index contributed by atoms with van der Waals surface area (Å²) in [6.07, 6.45) is 1.17. The number of tetrazole rings is 1. The molecule has 3 unspecified atom stereocenters. The van der Waals surface area contributed by atoms with Gasteiger partial charge in [0.25, 0.3) is 11.8 Å². The number of ether oxygens (including phenoxy) is 1. The molecule has 1 aromatic heterocycles. The lowest BCUT2D eigenvalue weighted by molar-refractivity contribution is -0.143. The van der Waals surface area contributed by atoms with Crippen molar-refractivity contribution in [3.05, 3.63) is 77.1 Å². The van der Waals surface area contributed by atoms with Gasteiger partial charge < -0.3 is 30.3 Å². The number of carboxylic acids is 1. The molecular formula is C34H40N8O8. The van der Waals surface area contributed by atoms with Crippen molar-refractivity contribution < 1.29 is 38.6 Å². The Morgan fingerprint density at radius 1 is 0.960 bits per heavy atom. The van der Waals surface area contributed by atoms with Crippen molar-refractivity contribution in [3.8, 4) is 0 Å². The predicted molar refractivity (Wildman–Crippen MR) is 176 cm³/mol. The highest BCUT2D eigenvalue weighted by molar-refractivity contribution is 6.00. The summed E-state index contributed by atoms with van der Waals surface area (Å²) >= 11 is 0. The number of benzene rings is 2. The van der Waals surface area contributed by atoms with Crippen molar-refractivity contribution in [2.45, 2.75) is 63.7 Å². The number of nitrogens with zero attached hydrogens (tertiary/aromatic N) is 6. The first-order valence-corrected chi connectivity index (χ1v) is 16.5. The summed E-state index contributed by atoms with van der Waals surface area (Å²) in [6, 6.07) is 12.1. The molecule has 0 spiro atoms.